The summed E-state index contributed by atoms with van der Waals surface area (Å²) >= 11 is 3.33. The second-order valence-electron chi connectivity index (χ2n) is 4.86. The molecule has 0 radical (unpaired) electrons. The van der Waals surface area contributed by atoms with E-state index >= 15 is 0 Å². The number of carboxylic acids is 1. The van der Waals surface area contributed by atoms with Crippen molar-refractivity contribution in [2.24, 2.45) is 0 Å². The van der Waals surface area contributed by atoms with Gasteiger partial charge in [-0.05, 0) is 33.6 Å². The van der Waals surface area contributed by atoms with Crippen molar-refractivity contribution in [3.8, 4) is 5.75 Å². The van der Waals surface area contributed by atoms with Crippen molar-refractivity contribution >= 4 is 21.9 Å². The van der Waals surface area contributed by atoms with E-state index in [1.165, 1.54) is 0 Å². The van der Waals surface area contributed by atoms with Crippen LogP contribution in [-0.2, 0) is 11.2 Å². The van der Waals surface area contributed by atoms with E-state index in [2.05, 4.69) is 21.2 Å². The summed E-state index contributed by atoms with van der Waals surface area (Å²) in [5.74, 6) is -0.288. The highest BCUT2D eigenvalue weighted by molar-refractivity contribution is 9.10. The Hall–Kier alpha value is -1.11. The number of hydrogen-bond donors (Lipinski definition) is 3. The molecule has 112 valence electrons. The minimum atomic E-state index is -0.874. The number of ether oxygens (including phenoxy) is 1. The summed E-state index contributed by atoms with van der Waals surface area (Å²) in [6.45, 7) is 4.65. The predicted octanol–water partition coefficient (Wildman–Crippen LogP) is 1.81. The van der Waals surface area contributed by atoms with E-state index < -0.39 is 12.1 Å². The number of nitrogens with one attached hydrogen (secondary N) is 1. The van der Waals surface area contributed by atoms with Crippen LogP contribution in [0.1, 0.15) is 19.4 Å². The normalized spacial score (nSPS) is 12.4. The Balaban J connectivity index is 2.50. The fraction of sp³-hybridized carbons (Fsp3) is 0.500. The van der Waals surface area contributed by atoms with Gasteiger partial charge in [0.05, 0.1) is 10.9 Å². The summed E-state index contributed by atoms with van der Waals surface area (Å²) in [5.41, 5.74) is 0.693. The van der Waals surface area contributed by atoms with Crippen LogP contribution in [0.4, 0.5) is 0 Å². The minimum Gasteiger partial charge on any atom is -0.490 e. The van der Waals surface area contributed by atoms with Gasteiger partial charge in [-0.3, -0.25) is 4.79 Å². The lowest BCUT2D eigenvalue weighted by atomic mass is 10.1. The first-order chi connectivity index (χ1) is 9.38. The molecule has 3 N–H and O–H groups in total. The molecule has 0 aliphatic rings. The van der Waals surface area contributed by atoms with Gasteiger partial charge in [-0.25, -0.2) is 0 Å². The van der Waals surface area contributed by atoms with Gasteiger partial charge in [-0.2, -0.15) is 0 Å². The third kappa shape index (κ3) is 6.36. The van der Waals surface area contributed by atoms with E-state index in [-0.39, 0.29) is 13.0 Å². The van der Waals surface area contributed by atoms with Gasteiger partial charge in [-0.1, -0.05) is 19.9 Å². The van der Waals surface area contributed by atoms with Crippen LogP contribution in [0.3, 0.4) is 0 Å². The van der Waals surface area contributed by atoms with Gasteiger partial charge >= 0.3 is 5.97 Å². The third-order valence-corrected chi connectivity index (χ3v) is 3.16. The van der Waals surface area contributed by atoms with Crippen LogP contribution < -0.4 is 10.1 Å². The maximum atomic E-state index is 10.6. The van der Waals surface area contributed by atoms with Crippen molar-refractivity contribution in [3.63, 3.8) is 0 Å². The standard InChI is InChI=1S/C14H20BrNO4/c1-9(2)16-7-11(17)8-20-13-4-3-10(5-12(13)15)6-14(18)19/h3-5,9,11,16-17H,6-8H2,1-2H3,(H,18,19). The minimum absolute atomic E-state index is 0.0280. The number of halogens is 1. The molecular weight excluding hydrogens is 326 g/mol. The monoisotopic (exact) mass is 345 g/mol. The molecule has 0 saturated carbocycles. The van der Waals surface area contributed by atoms with Crippen molar-refractivity contribution in [2.45, 2.75) is 32.4 Å². The Morgan fingerprint density at radius 1 is 1.45 bits per heavy atom. The molecule has 0 spiro atoms. The largest absolute Gasteiger partial charge is 0.490 e. The average molecular weight is 346 g/mol. The van der Waals surface area contributed by atoms with Gasteiger partial charge in [-0.15, -0.1) is 0 Å². The molecular formula is C14H20BrNO4. The van der Waals surface area contributed by atoms with Gasteiger partial charge in [0.2, 0.25) is 0 Å². The summed E-state index contributed by atoms with van der Waals surface area (Å²) in [5, 5.41) is 21.6. The van der Waals surface area contributed by atoms with Gasteiger partial charge in [0, 0.05) is 12.6 Å². The van der Waals surface area contributed by atoms with Crippen LogP contribution in [0.5, 0.6) is 5.75 Å². The van der Waals surface area contributed by atoms with Crippen LogP contribution >= 0.6 is 15.9 Å². The molecule has 0 fully saturated rings. The number of carboxylic acid groups (broad SMARTS) is 1. The van der Waals surface area contributed by atoms with Crippen molar-refractivity contribution in [3.05, 3.63) is 28.2 Å². The summed E-state index contributed by atoms with van der Waals surface area (Å²) in [7, 11) is 0. The Bertz CT molecular complexity index is 451. The number of hydrogen-bond acceptors (Lipinski definition) is 4. The van der Waals surface area contributed by atoms with Crippen LogP contribution in [0.25, 0.3) is 0 Å². The summed E-state index contributed by atoms with van der Waals surface area (Å²) in [6, 6.07) is 5.42. The molecule has 6 heteroatoms. The highest BCUT2D eigenvalue weighted by atomic mass is 79.9. The number of rotatable bonds is 8. The number of aliphatic carboxylic acids is 1. The van der Waals surface area contributed by atoms with Crippen molar-refractivity contribution in [2.75, 3.05) is 13.2 Å². The Labute approximate surface area is 127 Å². The quantitative estimate of drug-likeness (QED) is 0.669. The molecule has 0 amide bonds. The van der Waals surface area contributed by atoms with Crippen LogP contribution in [0.2, 0.25) is 0 Å². The fourth-order valence-corrected chi connectivity index (χ4v) is 2.10. The maximum Gasteiger partial charge on any atom is 0.307 e. The summed E-state index contributed by atoms with van der Waals surface area (Å²) < 4.78 is 6.19. The molecule has 5 nitrogen and oxygen atoms in total. The lowest BCUT2D eigenvalue weighted by Crippen LogP contribution is -2.35. The SMILES string of the molecule is CC(C)NCC(O)COc1ccc(CC(=O)O)cc1Br. The summed E-state index contributed by atoms with van der Waals surface area (Å²) in [4.78, 5) is 10.6. The Kier molecular flexibility index (Phi) is 6.98. The molecule has 0 aliphatic heterocycles. The van der Waals surface area contributed by atoms with Gasteiger partial charge in [0.1, 0.15) is 18.5 Å². The van der Waals surface area contributed by atoms with E-state index in [4.69, 9.17) is 9.84 Å². The first kappa shape index (κ1) is 16.9. The zero-order valence-corrected chi connectivity index (χ0v) is 13.2. The predicted molar refractivity (Wildman–Crippen MR) is 80.1 cm³/mol. The maximum absolute atomic E-state index is 10.6. The first-order valence-corrected chi connectivity index (χ1v) is 7.22. The smallest absolute Gasteiger partial charge is 0.307 e. The van der Waals surface area contributed by atoms with Crippen LogP contribution in [-0.4, -0.2) is 41.5 Å². The molecule has 0 saturated heterocycles. The number of aliphatic hydroxyl groups is 1. The number of benzene rings is 1. The molecule has 1 aromatic rings. The molecule has 20 heavy (non-hydrogen) atoms. The molecule has 0 heterocycles. The van der Waals surface area contributed by atoms with Crippen LogP contribution in [0, 0.1) is 0 Å². The first-order valence-electron chi connectivity index (χ1n) is 6.43. The van der Waals surface area contributed by atoms with Crippen molar-refractivity contribution < 1.29 is 19.7 Å². The topological polar surface area (TPSA) is 78.8 Å². The number of aliphatic hydroxyl groups excluding tert-OH is 1. The lowest BCUT2D eigenvalue weighted by molar-refractivity contribution is -0.136. The van der Waals surface area contributed by atoms with E-state index in [1.807, 2.05) is 13.8 Å². The zero-order valence-electron chi connectivity index (χ0n) is 11.6. The van der Waals surface area contributed by atoms with Gasteiger partial charge in [0.15, 0.2) is 0 Å². The zero-order chi connectivity index (χ0) is 15.1. The van der Waals surface area contributed by atoms with E-state index in [0.29, 0.717) is 28.4 Å². The van der Waals surface area contributed by atoms with Crippen LogP contribution in [0.15, 0.2) is 22.7 Å². The Morgan fingerprint density at radius 2 is 2.15 bits per heavy atom. The fourth-order valence-electron chi connectivity index (χ4n) is 1.56. The molecule has 1 aromatic carbocycles. The van der Waals surface area contributed by atoms with Gasteiger partial charge in [0.25, 0.3) is 0 Å². The third-order valence-electron chi connectivity index (χ3n) is 2.54. The lowest BCUT2D eigenvalue weighted by Gasteiger charge is -2.16. The highest BCUT2D eigenvalue weighted by Crippen LogP contribution is 2.26. The molecule has 1 unspecified atom stereocenters. The average Bonchev–Trinajstić information content (AvgIpc) is 2.34. The molecule has 0 bridgehead atoms. The molecule has 1 atom stereocenters. The van der Waals surface area contributed by atoms with Crippen molar-refractivity contribution in [1.29, 1.82) is 0 Å². The van der Waals surface area contributed by atoms with E-state index in [0.717, 1.165) is 0 Å². The second-order valence-corrected chi connectivity index (χ2v) is 5.72. The molecule has 0 aliphatic carbocycles. The van der Waals surface area contributed by atoms with E-state index in [1.54, 1.807) is 18.2 Å². The highest BCUT2D eigenvalue weighted by Gasteiger charge is 2.09. The van der Waals surface area contributed by atoms with Gasteiger partial charge < -0.3 is 20.3 Å². The van der Waals surface area contributed by atoms with E-state index in [9.17, 15) is 9.90 Å². The summed E-state index contributed by atoms with van der Waals surface area (Å²) in [6.07, 6.45) is -0.622. The number of carbonyl (C=O) groups is 1. The molecule has 0 aromatic heterocycles. The Morgan fingerprint density at radius 3 is 2.70 bits per heavy atom. The second kappa shape index (κ2) is 8.24. The van der Waals surface area contributed by atoms with Crippen molar-refractivity contribution in [1.82, 2.24) is 5.32 Å². The molecule has 1 rings (SSSR count).